The molecule has 0 aromatic carbocycles. The molecule has 1 aliphatic rings. The molecule has 1 aliphatic carbocycles. The Hall–Kier alpha value is -2.64. The zero-order chi connectivity index (χ0) is 22.1. The van der Waals surface area contributed by atoms with E-state index in [-0.39, 0.29) is 17.7 Å². The van der Waals surface area contributed by atoms with Crippen LogP contribution < -0.4 is 15.8 Å². The molecule has 3 rings (SSSR count). The Morgan fingerprint density at radius 3 is 2.60 bits per heavy atom. The number of nitrogens with one attached hydrogen (secondary N) is 1. The molecule has 2 aromatic heterocycles. The summed E-state index contributed by atoms with van der Waals surface area (Å²) in [6.45, 7) is 6.20. The van der Waals surface area contributed by atoms with Crippen molar-refractivity contribution in [2.75, 3.05) is 18.5 Å². The number of fused-ring (bicyclic) bond motifs is 1. The van der Waals surface area contributed by atoms with Gasteiger partial charge in [-0.15, -0.1) is 0 Å². The second-order valence-electron chi connectivity index (χ2n) is 9.16. The molecule has 0 spiro atoms. The number of amides is 1. The minimum Gasteiger partial charge on any atom is -0.444 e. The maximum atomic E-state index is 14.7. The average Bonchev–Trinajstić information content (AvgIpc) is 2.65. The summed E-state index contributed by atoms with van der Waals surface area (Å²) < 4.78 is 21.5. The first-order valence-corrected chi connectivity index (χ1v) is 10.4. The lowest BCUT2D eigenvalue weighted by atomic mass is 9.85. The Morgan fingerprint density at radius 1 is 1.30 bits per heavy atom. The van der Waals surface area contributed by atoms with Gasteiger partial charge in [0.2, 0.25) is 0 Å². The minimum atomic E-state index is -0.512. The van der Waals surface area contributed by atoms with Gasteiger partial charge in [-0.05, 0) is 58.4 Å². The molecule has 0 bridgehead atoms. The normalized spacial score (nSPS) is 19.5. The van der Waals surface area contributed by atoms with Gasteiger partial charge < -0.3 is 19.5 Å². The highest BCUT2D eigenvalue weighted by Gasteiger charge is 2.26. The highest BCUT2D eigenvalue weighted by Crippen LogP contribution is 2.30. The lowest BCUT2D eigenvalue weighted by molar-refractivity contribution is 0.0487. The van der Waals surface area contributed by atoms with Gasteiger partial charge in [-0.1, -0.05) is 0 Å². The van der Waals surface area contributed by atoms with Crippen LogP contribution in [-0.4, -0.2) is 40.9 Å². The van der Waals surface area contributed by atoms with E-state index in [0.29, 0.717) is 29.2 Å². The zero-order valence-corrected chi connectivity index (χ0v) is 18.4. The number of nitrogens with zero attached hydrogens (tertiary/aromatic N) is 3. The number of anilines is 1. The summed E-state index contributed by atoms with van der Waals surface area (Å²) in [5, 5.41) is 2.95. The van der Waals surface area contributed by atoms with Gasteiger partial charge in [0.25, 0.3) is 5.56 Å². The second kappa shape index (κ2) is 8.62. The Morgan fingerprint density at radius 2 is 1.97 bits per heavy atom. The fourth-order valence-corrected chi connectivity index (χ4v) is 4.11. The van der Waals surface area contributed by atoms with Crippen LogP contribution in [0.1, 0.15) is 46.5 Å². The number of ether oxygens (including phenoxy) is 1. The smallest absolute Gasteiger partial charge is 0.407 e. The summed E-state index contributed by atoms with van der Waals surface area (Å²) in [5.41, 5.74) is 0.782. The van der Waals surface area contributed by atoms with Crippen molar-refractivity contribution in [1.82, 2.24) is 14.9 Å². The van der Waals surface area contributed by atoms with E-state index in [1.165, 1.54) is 16.8 Å². The summed E-state index contributed by atoms with van der Waals surface area (Å²) in [6, 6.07) is 3.17. The average molecular weight is 419 g/mol. The van der Waals surface area contributed by atoms with Gasteiger partial charge in [0.05, 0.1) is 17.2 Å². The summed E-state index contributed by atoms with van der Waals surface area (Å²) in [6.07, 6.45) is 4.39. The number of aromatic nitrogens is 2. The molecule has 0 unspecified atom stereocenters. The van der Waals surface area contributed by atoms with Crippen molar-refractivity contribution < 1.29 is 13.9 Å². The summed E-state index contributed by atoms with van der Waals surface area (Å²) in [4.78, 5) is 30.0. The van der Waals surface area contributed by atoms with Crippen molar-refractivity contribution in [3.8, 4) is 0 Å². The molecular formula is C22H31FN4O3. The molecule has 0 radical (unpaired) electrons. The van der Waals surface area contributed by atoms with Gasteiger partial charge in [0, 0.05) is 32.7 Å². The lowest BCUT2D eigenvalue weighted by Crippen LogP contribution is -2.42. The maximum absolute atomic E-state index is 14.7. The van der Waals surface area contributed by atoms with Crippen LogP contribution in [0, 0.1) is 11.7 Å². The molecule has 30 heavy (non-hydrogen) atoms. The third-order valence-electron chi connectivity index (χ3n) is 5.54. The minimum absolute atomic E-state index is 0.0979. The first-order chi connectivity index (χ1) is 14.0. The van der Waals surface area contributed by atoms with Crippen molar-refractivity contribution in [1.29, 1.82) is 0 Å². The summed E-state index contributed by atoms with van der Waals surface area (Å²) >= 11 is 0. The molecule has 2 aromatic rings. The zero-order valence-electron chi connectivity index (χ0n) is 18.4. The number of aryl methyl sites for hydroxylation is 1. The van der Waals surface area contributed by atoms with Crippen LogP contribution in [0.5, 0.6) is 0 Å². The topological polar surface area (TPSA) is 76.5 Å². The van der Waals surface area contributed by atoms with Crippen molar-refractivity contribution in [3.05, 3.63) is 34.5 Å². The van der Waals surface area contributed by atoms with Crippen molar-refractivity contribution in [3.63, 3.8) is 0 Å². The summed E-state index contributed by atoms with van der Waals surface area (Å²) in [5.74, 6) is -0.0680. The molecule has 0 saturated heterocycles. The molecule has 1 amide bonds. The van der Waals surface area contributed by atoms with Gasteiger partial charge in [0.15, 0.2) is 5.82 Å². The predicted molar refractivity (Wildman–Crippen MR) is 115 cm³/mol. The van der Waals surface area contributed by atoms with Crippen molar-refractivity contribution >= 4 is 22.8 Å². The van der Waals surface area contributed by atoms with E-state index < -0.39 is 11.4 Å². The van der Waals surface area contributed by atoms with E-state index in [4.69, 9.17) is 4.74 Å². The van der Waals surface area contributed by atoms with Gasteiger partial charge in [-0.2, -0.15) is 0 Å². The monoisotopic (exact) mass is 418 g/mol. The Kier molecular flexibility index (Phi) is 6.33. The van der Waals surface area contributed by atoms with E-state index in [9.17, 15) is 14.0 Å². The van der Waals surface area contributed by atoms with Crippen LogP contribution in [0.4, 0.5) is 14.9 Å². The third kappa shape index (κ3) is 5.09. The van der Waals surface area contributed by atoms with Crippen molar-refractivity contribution in [2.45, 2.75) is 58.1 Å². The van der Waals surface area contributed by atoms with Crippen LogP contribution in [0.2, 0.25) is 0 Å². The van der Waals surface area contributed by atoms with E-state index in [1.54, 1.807) is 13.1 Å². The first kappa shape index (κ1) is 22.1. The number of hydrogen-bond donors (Lipinski definition) is 1. The first-order valence-electron chi connectivity index (χ1n) is 10.4. The Bertz CT molecular complexity index is 975. The number of carbonyl (C=O) groups excluding carboxylic acids is 1. The largest absolute Gasteiger partial charge is 0.444 e. The Balaban J connectivity index is 1.65. The van der Waals surface area contributed by atoms with Gasteiger partial charge in [0.1, 0.15) is 11.3 Å². The lowest BCUT2D eigenvalue weighted by Gasteiger charge is -2.33. The van der Waals surface area contributed by atoms with E-state index >= 15 is 0 Å². The van der Waals surface area contributed by atoms with Crippen LogP contribution in [-0.2, 0) is 11.8 Å². The van der Waals surface area contributed by atoms with E-state index in [0.717, 1.165) is 25.7 Å². The van der Waals surface area contributed by atoms with Crippen LogP contribution in [0.25, 0.3) is 11.0 Å². The van der Waals surface area contributed by atoms with Crippen LogP contribution >= 0.6 is 0 Å². The number of hydrogen-bond acceptors (Lipinski definition) is 5. The molecule has 1 saturated carbocycles. The molecule has 1 N–H and O–H groups in total. The number of carbonyl (C=O) groups is 1. The number of rotatable bonds is 4. The highest BCUT2D eigenvalue weighted by molar-refractivity contribution is 5.88. The van der Waals surface area contributed by atoms with Gasteiger partial charge in [-0.3, -0.25) is 9.78 Å². The molecule has 0 aliphatic heterocycles. The van der Waals surface area contributed by atoms with Crippen LogP contribution in [0.15, 0.2) is 23.1 Å². The second-order valence-corrected chi connectivity index (χ2v) is 9.16. The van der Waals surface area contributed by atoms with Gasteiger partial charge in [-0.25, -0.2) is 9.18 Å². The molecule has 7 nitrogen and oxygen atoms in total. The van der Waals surface area contributed by atoms with E-state index in [2.05, 4.69) is 10.3 Å². The van der Waals surface area contributed by atoms with E-state index in [1.807, 2.05) is 32.7 Å². The van der Waals surface area contributed by atoms with Crippen molar-refractivity contribution in [2.24, 2.45) is 13.0 Å². The number of halogens is 1. The Labute approximate surface area is 176 Å². The number of alkyl carbamates (subject to hydrolysis) is 1. The SMILES string of the molecule is CN(CC1CCC(NC(=O)OC(C)(C)C)CC1)c1c(F)cnc2ccc(=O)n(C)c12. The molecule has 164 valence electrons. The summed E-state index contributed by atoms with van der Waals surface area (Å²) in [7, 11) is 3.48. The quantitative estimate of drug-likeness (QED) is 0.821. The standard InChI is InChI=1S/C22H31FN4O3/c1-22(2,3)30-21(29)25-15-8-6-14(7-9-15)13-26(4)19-16(23)12-24-17-10-11-18(28)27(5)20(17)19/h10-12,14-15H,6-9,13H2,1-5H3,(H,25,29). The maximum Gasteiger partial charge on any atom is 0.407 e. The fraction of sp³-hybridized carbons (Fsp3) is 0.591. The van der Waals surface area contributed by atoms with Gasteiger partial charge >= 0.3 is 6.09 Å². The predicted octanol–water partition coefficient (Wildman–Crippen LogP) is 3.59. The molecule has 1 fully saturated rings. The molecular weight excluding hydrogens is 387 g/mol. The third-order valence-corrected chi connectivity index (χ3v) is 5.54. The number of pyridine rings is 2. The molecule has 8 heteroatoms. The fourth-order valence-electron chi connectivity index (χ4n) is 4.11. The molecule has 2 heterocycles. The highest BCUT2D eigenvalue weighted by atomic mass is 19.1. The van der Waals surface area contributed by atoms with Crippen LogP contribution in [0.3, 0.4) is 0 Å². The molecule has 0 atom stereocenters.